The number of anilines is 1. The van der Waals surface area contributed by atoms with E-state index >= 15 is 0 Å². The van der Waals surface area contributed by atoms with E-state index in [1.54, 1.807) is 13.4 Å². The Balaban J connectivity index is 1.46. The minimum atomic E-state index is -0.0227. The number of aryl methyl sites for hydroxylation is 1. The summed E-state index contributed by atoms with van der Waals surface area (Å²) in [5.74, 6) is 1.70. The normalized spacial score (nSPS) is 14.1. The van der Waals surface area contributed by atoms with Crippen molar-refractivity contribution in [3.05, 3.63) is 42.0 Å². The Morgan fingerprint density at radius 3 is 2.83 bits per heavy atom. The zero-order valence-corrected chi connectivity index (χ0v) is 17.2. The number of aliphatic imine (C=N–C) groups is 1. The van der Waals surface area contributed by atoms with E-state index in [2.05, 4.69) is 38.1 Å². The van der Waals surface area contributed by atoms with Gasteiger partial charge >= 0.3 is 6.03 Å². The first kappa shape index (κ1) is 20.6. The summed E-state index contributed by atoms with van der Waals surface area (Å²) in [6.07, 6.45) is 4.78. The van der Waals surface area contributed by atoms with Gasteiger partial charge in [0.15, 0.2) is 5.96 Å². The number of benzene rings is 1. The molecule has 1 aliphatic rings. The van der Waals surface area contributed by atoms with Crippen LogP contribution in [0.15, 0.2) is 35.6 Å². The van der Waals surface area contributed by atoms with E-state index in [4.69, 9.17) is 0 Å². The average Bonchev–Trinajstić information content (AvgIpc) is 3.42. The number of hydrogen-bond acceptors (Lipinski definition) is 4. The summed E-state index contributed by atoms with van der Waals surface area (Å²) in [4.78, 5) is 18.4. The lowest BCUT2D eigenvalue weighted by Gasteiger charge is -2.17. The van der Waals surface area contributed by atoms with Crippen LogP contribution in [-0.4, -0.2) is 58.3 Å². The molecule has 1 saturated heterocycles. The van der Waals surface area contributed by atoms with Gasteiger partial charge in [0.2, 0.25) is 0 Å². The molecule has 2 heterocycles. The molecule has 2 amide bonds. The molecule has 9 heteroatoms. The van der Waals surface area contributed by atoms with E-state index in [1.807, 2.05) is 33.7 Å². The lowest BCUT2D eigenvalue weighted by molar-refractivity contribution is 0.222. The van der Waals surface area contributed by atoms with Crippen molar-refractivity contribution in [2.24, 2.45) is 4.99 Å². The Labute approximate surface area is 171 Å². The number of rotatable bonds is 7. The number of hydrogen-bond donors (Lipinski definition) is 3. The number of carbonyl (C=O) groups excluding carboxylic acids is 1. The molecule has 0 radical (unpaired) electrons. The Morgan fingerprint density at radius 1 is 1.24 bits per heavy atom. The van der Waals surface area contributed by atoms with E-state index in [0.717, 1.165) is 68.5 Å². The predicted octanol–water partition coefficient (Wildman–Crippen LogP) is 1.83. The number of guanidine groups is 1. The molecular weight excluding hydrogens is 368 g/mol. The maximum Gasteiger partial charge on any atom is 0.321 e. The first-order valence-electron chi connectivity index (χ1n) is 10.2. The van der Waals surface area contributed by atoms with Crippen LogP contribution in [0, 0.1) is 0 Å². The Bertz CT molecular complexity index is 825. The van der Waals surface area contributed by atoms with Gasteiger partial charge in [0, 0.05) is 51.9 Å². The summed E-state index contributed by atoms with van der Waals surface area (Å²) in [5, 5.41) is 17.6. The van der Waals surface area contributed by atoms with Gasteiger partial charge in [0.1, 0.15) is 12.2 Å². The monoisotopic (exact) mass is 398 g/mol. The highest BCUT2D eigenvalue weighted by Crippen LogP contribution is 2.14. The molecule has 0 saturated carbocycles. The third kappa shape index (κ3) is 5.94. The lowest BCUT2D eigenvalue weighted by Crippen LogP contribution is -2.38. The molecule has 1 aromatic heterocycles. The van der Waals surface area contributed by atoms with Crippen LogP contribution in [0.5, 0.6) is 0 Å². The van der Waals surface area contributed by atoms with Crippen molar-refractivity contribution in [3.8, 4) is 0 Å². The van der Waals surface area contributed by atoms with Gasteiger partial charge < -0.3 is 25.4 Å². The fourth-order valence-electron chi connectivity index (χ4n) is 3.32. The summed E-state index contributed by atoms with van der Waals surface area (Å²) in [5.41, 5.74) is 1.88. The quantitative estimate of drug-likeness (QED) is 0.488. The van der Waals surface area contributed by atoms with Gasteiger partial charge in [-0.25, -0.2) is 4.79 Å². The van der Waals surface area contributed by atoms with E-state index in [-0.39, 0.29) is 6.03 Å². The molecule has 0 atom stereocenters. The summed E-state index contributed by atoms with van der Waals surface area (Å²) in [6, 6.07) is 7.85. The zero-order valence-electron chi connectivity index (χ0n) is 17.2. The van der Waals surface area contributed by atoms with Gasteiger partial charge in [-0.15, -0.1) is 10.2 Å². The number of nitrogens with one attached hydrogen (secondary N) is 3. The van der Waals surface area contributed by atoms with Crippen LogP contribution in [-0.2, 0) is 19.5 Å². The minimum Gasteiger partial charge on any atom is -0.355 e. The molecule has 29 heavy (non-hydrogen) atoms. The molecule has 3 N–H and O–H groups in total. The molecule has 0 spiro atoms. The number of urea groups is 1. The van der Waals surface area contributed by atoms with Crippen LogP contribution in [0.2, 0.25) is 0 Å². The lowest BCUT2D eigenvalue weighted by atomic mass is 10.2. The average molecular weight is 399 g/mol. The van der Waals surface area contributed by atoms with E-state index in [9.17, 15) is 4.79 Å². The first-order valence-corrected chi connectivity index (χ1v) is 10.2. The minimum absolute atomic E-state index is 0.0227. The van der Waals surface area contributed by atoms with E-state index in [0.29, 0.717) is 6.54 Å². The second-order valence-electron chi connectivity index (χ2n) is 6.97. The van der Waals surface area contributed by atoms with Crippen molar-refractivity contribution in [1.82, 2.24) is 30.3 Å². The van der Waals surface area contributed by atoms with E-state index in [1.165, 1.54) is 0 Å². The van der Waals surface area contributed by atoms with Crippen LogP contribution >= 0.6 is 0 Å². The fraction of sp³-hybridized carbons (Fsp3) is 0.500. The molecule has 1 aromatic carbocycles. The summed E-state index contributed by atoms with van der Waals surface area (Å²) in [6.45, 7) is 5.84. The summed E-state index contributed by atoms with van der Waals surface area (Å²) in [7, 11) is 1.75. The summed E-state index contributed by atoms with van der Waals surface area (Å²) < 4.78 is 2.03. The molecule has 3 rings (SSSR count). The standard InChI is InChI=1S/C20H30N8O/c1-3-18-26-24-15-28(18)12-9-22-19(21-2)23-14-16-7-6-8-17(13-16)25-20(29)27-10-4-5-11-27/h6-8,13,15H,3-5,9-12,14H2,1-2H3,(H,25,29)(H2,21,22,23). The van der Waals surface area contributed by atoms with Gasteiger partial charge in [0.05, 0.1) is 0 Å². The summed E-state index contributed by atoms with van der Waals surface area (Å²) >= 11 is 0. The molecule has 1 fully saturated rings. The molecule has 1 aliphatic heterocycles. The van der Waals surface area contributed by atoms with Crippen LogP contribution in [0.3, 0.4) is 0 Å². The van der Waals surface area contributed by atoms with Crippen molar-refractivity contribution in [1.29, 1.82) is 0 Å². The first-order chi connectivity index (χ1) is 14.2. The second kappa shape index (κ2) is 10.4. The Morgan fingerprint density at radius 2 is 2.07 bits per heavy atom. The fourth-order valence-corrected chi connectivity index (χ4v) is 3.32. The molecule has 9 nitrogen and oxygen atoms in total. The van der Waals surface area contributed by atoms with Crippen molar-refractivity contribution < 1.29 is 4.79 Å². The van der Waals surface area contributed by atoms with Gasteiger partial charge in [-0.2, -0.15) is 0 Å². The van der Waals surface area contributed by atoms with Gasteiger partial charge in [-0.3, -0.25) is 4.99 Å². The molecule has 0 bridgehead atoms. The van der Waals surface area contributed by atoms with E-state index < -0.39 is 0 Å². The maximum atomic E-state index is 12.3. The van der Waals surface area contributed by atoms with Gasteiger partial charge in [-0.1, -0.05) is 19.1 Å². The Hall–Kier alpha value is -3.10. The molecule has 2 aromatic rings. The largest absolute Gasteiger partial charge is 0.355 e. The SMILES string of the molecule is CCc1nncn1CCNC(=NC)NCc1cccc(NC(=O)N2CCCC2)c1. The number of nitrogens with zero attached hydrogens (tertiary/aromatic N) is 5. The smallest absolute Gasteiger partial charge is 0.321 e. The topological polar surface area (TPSA) is 99.5 Å². The maximum absolute atomic E-state index is 12.3. The molecule has 0 aliphatic carbocycles. The van der Waals surface area contributed by atoms with Crippen LogP contribution < -0.4 is 16.0 Å². The second-order valence-corrected chi connectivity index (χ2v) is 6.97. The number of likely N-dealkylation sites (tertiary alicyclic amines) is 1. The van der Waals surface area contributed by atoms with Gasteiger partial charge in [0.25, 0.3) is 0 Å². The molecule has 156 valence electrons. The number of amides is 2. The molecular formula is C20H30N8O. The predicted molar refractivity (Wildman–Crippen MR) is 114 cm³/mol. The highest BCUT2D eigenvalue weighted by atomic mass is 16.2. The van der Waals surface area contributed by atoms with Crippen LogP contribution in [0.25, 0.3) is 0 Å². The van der Waals surface area contributed by atoms with Gasteiger partial charge in [-0.05, 0) is 30.5 Å². The van der Waals surface area contributed by atoms with Crippen LogP contribution in [0.1, 0.15) is 31.2 Å². The zero-order chi connectivity index (χ0) is 20.5. The van der Waals surface area contributed by atoms with Crippen molar-refractivity contribution in [2.75, 3.05) is 32.0 Å². The highest BCUT2D eigenvalue weighted by Gasteiger charge is 2.17. The Kier molecular flexibility index (Phi) is 7.43. The third-order valence-electron chi connectivity index (χ3n) is 4.91. The van der Waals surface area contributed by atoms with Crippen molar-refractivity contribution in [2.45, 2.75) is 39.3 Å². The third-order valence-corrected chi connectivity index (χ3v) is 4.91. The molecule has 0 unspecified atom stereocenters. The number of carbonyl (C=O) groups is 1. The van der Waals surface area contributed by atoms with Crippen molar-refractivity contribution in [3.63, 3.8) is 0 Å². The highest BCUT2D eigenvalue weighted by molar-refractivity contribution is 5.89. The van der Waals surface area contributed by atoms with Crippen molar-refractivity contribution >= 4 is 17.7 Å². The number of aromatic nitrogens is 3. The van der Waals surface area contributed by atoms with Crippen LogP contribution in [0.4, 0.5) is 10.5 Å².